The van der Waals surface area contributed by atoms with E-state index in [4.69, 9.17) is 9.47 Å². The molecule has 1 heterocycles. The molecule has 0 aliphatic carbocycles. The third kappa shape index (κ3) is 3.49. The number of H-pyrrole nitrogens is 1. The number of nitrogens with one attached hydrogen (secondary N) is 1. The van der Waals surface area contributed by atoms with Crippen LogP contribution in [-0.4, -0.2) is 29.4 Å². The molecule has 0 saturated carbocycles. The minimum absolute atomic E-state index is 0.633. The minimum Gasteiger partial charge on any atom is -0.497 e. The molecule has 0 fully saturated rings. The quantitative estimate of drug-likeness (QED) is 0.556. The van der Waals surface area contributed by atoms with Crippen LogP contribution in [0.25, 0.3) is 11.0 Å². The van der Waals surface area contributed by atoms with Gasteiger partial charge in [0.05, 0.1) is 24.8 Å². The number of para-hydroxylation sites is 2. The van der Waals surface area contributed by atoms with Crippen LogP contribution >= 0.6 is 11.8 Å². The van der Waals surface area contributed by atoms with E-state index >= 15 is 0 Å². The zero-order chi connectivity index (χ0) is 14.5. The standard InChI is InChI=1S/C16H16N2O2S/c1-19-12-6-8-13(9-7-12)20-10-11-21-16-17-14-4-2-3-5-15(14)18-16/h2-9H,10-11H2,1H3,(H,17,18). The Morgan fingerprint density at radius 1 is 1.05 bits per heavy atom. The van der Waals surface area contributed by atoms with Crippen LogP contribution in [0.5, 0.6) is 11.5 Å². The van der Waals surface area contributed by atoms with E-state index in [0.717, 1.165) is 33.4 Å². The summed E-state index contributed by atoms with van der Waals surface area (Å²) in [4.78, 5) is 7.80. The number of nitrogens with zero attached hydrogens (tertiary/aromatic N) is 1. The lowest BCUT2D eigenvalue weighted by Crippen LogP contribution is -2.00. The lowest BCUT2D eigenvalue weighted by Gasteiger charge is -2.06. The fraction of sp³-hybridized carbons (Fsp3) is 0.188. The first-order chi connectivity index (χ1) is 10.3. The first-order valence-corrected chi connectivity index (χ1v) is 7.68. The number of thioether (sulfide) groups is 1. The number of hydrogen-bond acceptors (Lipinski definition) is 4. The van der Waals surface area contributed by atoms with Gasteiger partial charge in [0, 0.05) is 5.75 Å². The molecule has 3 aromatic rings. The zero-order valence-corrected chi connectivity index (χ0v) is 12.5. The van der Waals surface area contributed by atoms with Crippen LogP contribution in [0.4, 0.5) is 0 Å². The van der Waals surface area contributed by atoms with Crippen molar-refractivity contribution in [1.82, 2.24) is 9.97 Å². The lowest BCUT2D eigenvalue weighted by atomic mass is 10.3. The number of rotatable bonds is 6. The van der Waals surface area contributed by atoms with E-state index in [1.54, 1.807) is 18.9 Å². The van der Waals surface area contributed by atoms with Crippen LogP contribution < -0.4 is 9.47 Å². The molecule has 2 aromatic carbocycles. The van der Waals surface area contributed by atoms with Crippen molar-refractivity contribution >= 4 is 22.8 Å². The summed E-state index contributed by atoms with van der Waals surface area (Å²) in [5.74, 6) is 2.52. The molecule has 21 heavy (non-hydrogen) atoms. The van der Waals surface area contributed by atoms with Gasteiger partial charge < -0.3 is 14.5 Å². The number of benzene rings is 2. The van der Waals surface area contributed by atoms with Crippen molar-refractivity contribution in [3.63, 3.8) is 0 Å². The maximum Gasteiger partial charge on any atom is 0.166 e. The van der Waals surface area contributed by atoms with Crippen LogP contribution in [0.1, 0.15) is 0 Å². The van der Waals surface area contributed by atoms with E-state index in [1.165, 1.54) is 0 Å². The van der Waals surface area contributed by atoms with Crippen LogP contribution in [-0.2, 0) is 0 Å². The van der Waals surface area contributed by atoms with Crippen molar-refractivity contribution in [1.29, 1.82) is 0 Å². The Bertz CT molecular complexity index is 677. The van der Waals surface area contributed by atoms with E-state index in [1.807, 2.05) is 48.5 Å². The number of fused-ring (bicyclic) bond motifs is 1. The van der Waals surface area contributed by atoms with Crippen molar-refractivity contribution in [2.75, 3.05) is 19.5 Å². The maximum absolute atomic E-state index is 5.68. The molecule has 0 saturated heterocycles. The SMILES string of the molecule is COc1ccc(OCCSc2nc3ccccc3[nH]2)cc1. The largest absolute Gasteiger partial charge is 0.497 e. The normalized spacial score (nSPS) is 10.7. The Morgan fingerprint density at radius 2 is 1.81 bits per heavy atom. The van der Waals surface area contributed by atoms with E-state index in [2.05, 4.69) is 9.97 Å². The Hall–Kier alpha value is -2.14. The second kappa shape index (κ2) is 6.54. The van der Waals surface area contributed by atoms with Gasteiger partial charge in [-0.1, -0.05) is 23.9 Å². The average molecular weight is 300 g/mol. The van der Waals surface area contributed by atoms with Crippen LogP contribution in [0, 0.1) is 0 Å². The third-order valence-electron chi connectivity index (χ3n) is 3.02. The van der Waals surface area contributed by atoms with Gasteiger partial charge in [-0.15, -0.1) is 0 Å². The summed E-state index contributed by atoms with van der Waals surface area (Å²) in [5, 5.41) is 0.925. The molecule has 1 aromatic heterocycles. The van der Waals surface area contributed by atoms with Gasteiger partial charge in [-0.3, -0.25) is 0 Å². The predicted octanol–water partition coefficient (Wildman–Crippen LogP) is 3.74. The van der Waals surface area contributed by atoms with E-state index in [-0.39, 0.29) is 0 Å². The molecule has 5 heteroatoms. The second-order valence-electron chi connectivity index (χ2n) is 4.43. The highest BCUT2D eigenvalue weighted by Crippen LogP contribution is 2.20. The summed E-state index contributed by atoms with van der Waals surface area (Å²) in [6.45, 7) is 0.633. The number of hydrogen-bond donors (Lipinski definition) is 1. The molecule has 1 N–H and O–H groups in total. The Morgan fingerprint density at radius 3 is 2.57 bits per heavy atom. The highest BCUT2D eigenvalue weighted by molar-refractivity contribution is 7.99. The summed E-state index contributed by atoms with van der Waals surface area (Å²) in [7, 11) is 1.65. The van der Waals surface area contributed by atoms with Gasteiger partial charge in [0.2, 0.25) is 0 Å². The predicted molar refractivity (Wildman–Crippen MR) is 85.3 cm³/mol. The molecule has 0 bridgehead atoms. The molecule has 108 valence electrons. The number of ether oxygens (including phenoxy) is 2. The van der Waals surface area contributed by atoms with Crippen molar-refractivity contribution in [3.8, 4) is 11.5 Å². The monoisotopic (exact) mass is 300 g/mol. The fourth-order valence-corrected chi connectivity index (χ4v) is 2.67. The third-order valence-corrected chi connectivity index (χ3v) is 3.86. The lowest BCUT2D eigenvalue weighted by molar-refractivity contribution is 0.342. The smallest absolute Gasteiger partial charge is 0.166 e. The Kier molecular flexibility index (Phi) is 4.31. The number of imidazole rings is 1. The summed E-state index contributed by atoms with van der Waals surface area (Å²) < 4.78 is 10.8. The van der Waals surface area contributed by atoms with Crippen LogP contribution in [0.3, 0.4) is 0 Å². The summed E-state index contributed by atoms with van der Waals surface area (Å²) >= 11 is 1.66. The molecule has 0 atom stereocenters. The second-order valence-corrected chi connectivity index (χ2v) is 5.52. The van der Waals surface area contributed by atoms with Crippen molar-refractivity contribution in [2.24, 2.45) is 0 Å². The van der Waals surface area contributed by atoms with Gasteiger partial charge in [0.15, 0.2) is 5.16 Å². The molecule has 0 aliphatic heterocycles. The highest BCUT2D eigenvalue weighted by Gasteiger charge is 2.02. The molecular weight excluding hydrogens is 284 g/mol. The van der Waals surface area contributed by atoms with Crippen molar-refractivity contribution in [2.45, 2.75) is 5.16 Å². The first-order valence-electron chi connectivity index (χ1n) is 6.69. The van der Waals surface area contributed by atoms with Crippen molar-refractivity contribution in [3.05, 3.63) is 48.5 Å². The molecule has 0 aliphatic rings. The van der Waals surface area contributed by atoms with Crippen molar-refractivity contribution < 1.29 is 9.47 Å². The van der Waals surface area contributed by atoms with E-state index < -0.39 is 0 Å². The molecular formula is C16H16N2O2S. The van der Waals surface area contributed by atoms with Gasteiger partial charge >= 0.3 is 0 Å². The molecule has 0 spiro atoms. The summed E-state index contributed by atoms with van der Waals surface area (Å²) in [5.41, 5.74) is 2.06. The molecule has 3 rings (SSSR count). The first kappa shape index (κ1) is 13.8. The van der Waals surface area contributed by atoms with E-state index in [0.29, 0.717) is 6.61 Å². The van der Waals surface area contributed by atoms with Gasteiger partial charge in [0.25, 0.3) is 0 Å². The summed E-state index contributed by atoms with van der Waals surface area (Å²) in [6, 6.07) is 15.6. The fourth-order valence-electron chi connectivity index (χ4n) is 1.97. The Balaban J connectivity index is 1.49. The zero-order valence-electron chi connectivity index (χ0n) is 11.7. The molecule has 0 radical (unpaired) electrons. The van der Waals surface area contributed by atoms with E-state index in [9.17, 15) is 0 Å². The molecule has 4 nitrogen and oxygen atoms in total. The van der Waals surface area contributed by atoms with Crippen LogP contribution in [0.15, 0.2) is 53.7 Å². The highest BCUT2D eigenvalue weighted by atomic mass is 32.2. The van der Waals surface area contributed by atoms with Gasteiger partial charge in [-0.05, 0) is 36.4 Å². The van der Waals surface area contributed by atoms with Gasteiger partial charge in [-0.25, -0.2) is 4.98 Å². The Labute approximate surface area is 127 Å². The maximum atomic E-state index is 5.68. The number of aromatic amines is 1. The molecule has 0 unspecified atom stereocenters. The minimum atomic E-state index is 0.633. The van der Waals surface area contributed by atoms with Gasteiger partial charge in [0.1, 0.15) is 11.5 Å². The molecule has 0 amide bonds. The number of methoxy groups -OCH3 is 1. The van der Waals surface area contributed by atoms with Gasteiger partial charge in [-0.2, -0.15) is 0 Å². The number of aromatic nitrogens is 2. The topological polar surface area (TPSA) is 47.1 Å². The van der Waals surface area contributed by atoms with Crippen LogP contribution in [0.2, 0.25) is 0 Å². The average Bonchev–Trinajstić information content (AvgIpc) is 2.95. The summed E-state index contributed by atoms with van der Waals surface area (Å²) in [6.07, 6.45) is 0.